The summed E-state index contributed by atoms with van der Waals surface area (Å²) in [5.41, 5.74) is 1.39. The van der Waals surface area contributed by atoms with Crippen LogP contribution in [0.3, 0.4) is 0 Å². The first kappa shape index (κ1) is 17.5. The van der Waals surface area contributed by atoms with E-state index in [9.17, 15) is 18.0 Å². The molecule has 0 saturated carbocycles. The van der Waals surface area contributed by atoms with E-state index in [1.807, 2.05) is 0 Å². The van der Waals surface area contributed by atoms with Crippen molar-refractivity contribution in [2.75, 3.05) is 0 Å². The summed E-state index contributed by atoms with van der Waals surface area (Å²) >= 11 is 0. The standard InChI is InChI=1S/C19H18F3NO2/c1-13(15-10-6-3-7-11-15)23-17(19(20,21)22)16(18(23)24)25-12-14-8-4-2-5-9-14/h2-11,13,16-17H,12H2,1H3/t13-,16-,17-/m0/s1. The monoisotopic (exact) mass is 349 g/mol. The Morgan fingerprint density at radius 3 is 2.16 bits per heavy atom. The van der Waals surface area contributed by atoms with E-state index in [2.05, 4.69) is 0 Å². The molecule has 2 aromatic carbocycles. The Labute approximate surface area is 144 Å². The molecule has 0 N–H and O–H groups in total. The average Bonchev–Trinajstić information content (AvgIpc) is 2.60. The maximum absolute atomic E-state index is 13.5. The second-order valence-corrected chi connectivity index (χ2v) is 6.04. The number of carbonyl (C=O) groups is 1. The Morgan fingerprint density at radius 2 is 1.60 bits per heavy atom. The maximum Gasteiger partial charge on any atom is 0.411 e. The third kappa shape index (κ3) is 3.54. The first-order valence-corrected chi connectivity index (χ1v) is 7.99. The molecular formula is C19H18F3NO2. The summed E-state index contributed by atoms with van der Waals surface area (Å²) in [7, 11) is 0. The Morgan fingerprint density at radius 1 is 1.04 bits per heavy atom. The summed E-state index contributed by atoms with van der Waals surface area (Å²) in [6, 6.07) is 14.9. The molecule has 0 aromatic heterocycles. The van der Waals surface area contributed by atoms with E-state index in [0.717, 1.165) is 10.5 Å². The van der Waals surface area contributed by atoms with E-state index < -0.39 is 30.3 Å². The van der Waals surface area contributed by atoms with Crippen LogP contribution in [0.15, 0.2) is 60.7 Å². The van der Waals surface area contributed by atoms with Gasteiger partial charge in [-0.05, 0) is 18.1 Å². The van der Waals surface area contributed by atoms with Crippen molar-refractivity contribution in [2.45, 2.75) is 37.9 Å². The van der Waals surface area contributed by atoms with Crippen LogP contribution in [0.25, 0.3) is 0 Å². The van der Waals surface area contributed by atoms with Crippen LogP contribution in [0.5, 0.6) is 0 Å². The van der Waals surface area contributed by atoms with Gasteiger partial charge in [0.1, 0.15) is 0 Å². The first-order valence-electron chi connectivity index (χ1n) is 7.99. The Balaban J connectivity index is 1.76. The van der Waals surface area contributed by atoms with Gasteiger partial charge in [-0.3, -0.25) is 4.79 Å². The van der Waals surface area contributed by atoms with E-state index in [-0.39, 0.29) is 6.61 Å². The van der Waals surface area contributed by atoms with Crippen molar-refractivity contribution in [1.29, 1.82) is 0 Å². The van der Waals surface area contributed by atoms with Crippen LogP contribution in [0, 0.1) is 0 Å². The van der Waals surface area contributed by atoms with Gasteiger partial charge >= 0.3 is 6.18 Å². The molecule has 0 unspecified atom stereocenters. The summed E-state index contributed by atoms with van der Waals surface area (Å²) in [5, 5.41) is 0. The minimum Gasteiger partial charge on any atom is -0.361 e. The number of likely N-dealkylation sites (tertiary alicyclic amines) is 1. The van der Waals surface area contributed by atoms with Crippen molar-refractivity contribution in [3.05, 3.63) is 71.8 Å². The first-order chi connectivity index (χ1) is 11.9. The van der Waals surface area contributed by atoms with Gasteiger partial charge < -0.3 is 9.64 Å². The molecule has 0 bridgehead atoms. The van der Waals surface area contributed by atoms with Gasteiger partial charge in [0.05, 0.1) is 12.6 Å². The van der Waals surface area contributed by atoms with Crippen LogP contribution in [-0.2, 0) is 16.1 Å². The van der Waals surface area contributed by atoms with Crippen molar-refractivity contribution in [3.63, 3.8) is 0 Å². The number of benzene rings is 2. The topological polar surface area (TPSA) is 29.5 Å². The number of nitrogens with zero attached hydrogens (tertiary/aromatic N) is 1. The van der Waals surface area contributed by atoms with Gasteiger partial charge in [-0.15, -0.1) is 0 Å². The predicted octanol–water partition coefficient (Wildman–Crippen LogP) is 4.11. The third-order valence-corrected chi connectivity index (χ3v) is 4.39. The van der Waals surface area contributed by atoms with Crippen molar-refractivity contribution < 1.29 is 22.7 Å². The molecular weight excluding hydrogens is 331 g/mol. The van der Waals surface area contributed by atoms with Crippen molar-refractivity contribution in [2.24, 2.45) is 0 Å². The van der Waals surface area contributed by atoms with E-state index in [1.54, 1.807) is 67.6 Å². The molecule has 3 rings (SSSR count). The number of hydrogen-bond donors (Lipinski definition) is 0. The fraction of sp³-hybridized carbons (Fsp3) is 0.316. The molecule has 0 spiro atoms. The molecule has 1 aliphatic rings. The van der Waals surface area contributed by atoms with Gasteiger partial charge in [0.25, 0.3) is 5.91 Å². The van der Waals surface area contributed by atoms with Gasteiger partial charge in [-0.2, -0.15) is 13.2 Å². The lowest BCUT2D eigenvalue weighted by atomic mass is 9.92. The second-order valence-electron chi connectivity index (χ2n) is 6.04. The van der Waals surface area contributed by atoms with Crippen LogP contribution in [0.2, 0.25) is 0 Å². The zero-order valence-electron chi connectivity index (χ0n) is 13.6. The number of rotatable bonds is 5. The zero-order valence-corrected chi connectivity index (χ0v) is 13.6. The van der Waals surface area contributed by atoms with Crippen molar-refractivity contribution >= 4 is 5.91 Å². The van der Waals surface area contributed by atoms with Gasteiger partial charge in [-0.25, -0.2) is 0 Å². The quantitative estimate of drug-likeness (QED) is 0.761. The third-order valence-electron chi connectivity index (χ3n) is 4.39. The molecule has 1 saturated heterocycles. The number of carbonyl (C=O) groups excluding carboxylic acids is 1. The molecule has 3 atom stereocenters. The van der Waals surface area contributed by atoms with Gasteiger partial charge in [0.15, 0.2) is 12.1 Å². The summed E-state index contributed by atoms with van der Waals surface area (Å²) in [4.78, 5) is 13.2. The summed E-state index contributed by atoms with van der Waals surface area (Å²) in [6.45, 7) is 1.57. The lowest BCUT2D eigenvalue weighted by molar-refractivity contribution is -0.256. The number of β-lactam (4-membered cyclic amide) rings is 1. The van der Waals surface area contributed by atoms with Crippen molar-refractivity contribution in [1.82, 2.24) is 4.90 Å². The molecule has 1 amide bonds. The van der Waals surface area contributed by atoms with E-state index >= 15 is 0 Å². The SMILES string of the molecule is C[C@@H](c1ccccc1)N1C(=O)[C@@H](OCc2ccccc2)[C@H]1C(F)(F)F. The molecule has 25 heavy (non-hydrogen) atoms. The largest absolute Gasteiger partial charge is 0.411 e. The molecule has 1 heterocycles. The predicted molar refractivity (Wildman–Crippen MR) is 86.6 cm³/mol. The average molecular weight is 349 g/mol. The van der Waals surface area contributed by atoms with Gasteiger partial charge in [0, 0.05) is 0 Å². The maximum atomic E-state index is 13.5. The minimum atomic E-state index is -4.54. The van der Waals surface area contributed by atoms with Crippen molar-refractivity contribution in [3.8, 4) is 0 Å². The molecule has 1 fully saturated rings. The molecule has 0 radical (unpaired) electrons. The van der Waals surface area contributed by atoms with Gasteiger partial charge in [0.2, 0.25) is 0 Å². The van der Waals surface area contributed by atoms with E-state index in [1.165, 1.54) is 0 Å². The fourth-order valence-corrected chi connectivity index (χ4v) is 3.06. The van der Waals surface area contributed by atoms with Crippen LogP contribution in [-0.4, -0.2) is 29.1 Å². The summed E-state index contributed by atoms with van der Waals surface area (Å²) in [5.74, 6) is -0.630. The number of amides is 1. The highest BCUT2D eigenvalue weighted by Gasteiger charge is 2.62. The highest BCUT2D eigenvalue weighted by Crippen LogP contribution is 2.42. The molecule has 2 aromatic rings. The molecule has 1 aliphatic heterocycles. The molecule has 6 heteroatoms. The molecule has 0 aliphatic carbocycles. The summed E-state index contributed by atoms with van der Waals surface area (Å²) < 4.78 is 45.8. The number of ether oxygens (including phenoxy) is 1. The minimum absolute atomic E-state index is 0.0304. The Bertz CT molecular complexity index is 718. The zero-order chi connectivity index (χ0) is 18.0. The smallest absolute Gasteiger partial charge is 0.361 e. The Kier molecular flexibility index (Phi) is 4.81. The fourth-order valence-electron chi connectivity index (χ4n) is 3.06. The lowest BCUT2D eigenvalue weighted by Crippen LogP contribution is -2.71. The van der Waals surface area contributed by atoms with E-state index in [4.69, 9.17) is 4.74 Å². The van der Waals surface area contributed by atoms with E-state index in [0.29, 0.717) is 5.56 Å². The summed E-state index contributed by atoms with van der Waals surface area (Å²) in [6.07, 6.45) is -6.04. The molecule has 132 valence electrons. The normalized spacial score (nSPS) is 21.8. The highest BCUT2D eigenvalue weighted by molar-refractivity contribution is 5.89. The second kappa shape index (κ2) is 6.88. The number of halogens is 3. The van der Waals surface area contributed by atoms with Gasteiger partial charge in [-0.1, -0.05) is 60.7 Å². The number of hydrogen-bond acceptors (Lipinski definition) is 2. The number of alkyl halides is 3. The van der Waals surface area contributed by atoms with Crippen LogP contribution in [0.4, 0.5) is 13.2 Å². The Hall–Kier alpha value is -2.34. The van der Waals surface area contributed by atoms with Crippen LogP contribution >= 0.6 is 0 Å². The highest BCUT2D eigenvalue weighted by atomic mass is 19.4. The van der Waals surface area contributed by atoms with Crippen LogP contribution < -0.4 is 0 Å². The van der Waals surface area contributed by atoms with Crippen LogP contribution in [0.1, 0.15) is 24.1 Å². The lowest BCUT2D eigenvalue weighted by Gasteiger charge is -2.50. The molecule has 3 nitrogen and oxygen atoms in total.